The van der Waals surface area contributed by atoms with E-state index < -0.39 is 16.4 Å². The van der Waals surface area contributed by atoms with Crippen LogP contribution in [0.4, 0.5) is 15.8 Å². The molecule has 1 aliphatic rings. The molecule has 0 amide bonds. The minimum Gasteiger partial charge on any atom is -0.379 e. The average molecular weight is 280 g/mol. The Kier molecular flexibility index (Phi) is 4.93. The zero-order chi connectivity index (χ0) is 14.5. The second-order valence-electron chi connectivity index (χ2n) is 5.75. The fourth-order valence-corrected chi connectivity index (χ4v) is 3.08. The molecule has 1 aromatic carbocycles. The topological polar surface area (TPSA) is 55.2 Å². The Labute approximate surface area is 118 Å². The van der Waals surface area contributed by atoms with E-state index in [-0.39, 0.29) is 5.69 Å². The van der Waals surface area contributed by atoms with E-state index in [1.54, 1.807) is 6.07 Å². The van der Waals surface area contributed by atoms with Crippen LogP contribution in [-0.4, -0.2) is 11.5 Å². The van der Waals surface area contributed by atoms with Crippen LogP contribution in [0.1, 0.15) is 39.0 Å². The van der Waals surface area contributed by atoms with Gasteiger partial charge in [-0.3, -0.25) is 10.1 Å². The average Bonchev–Trinajstić information content (AvgIpc) is 2.38. The molecule has 0 radical (unpaired) electrons. The second kappa shape index (κ2) is 6.68. The number of hydrogen-bond acceptors (Lipinski definition) is 3. The molecule has 1 saturated carbocycles. The van der Waals surface area contributed by atoms with Crippen LogP contribution in [0.25, 0.3) is 0 Å². The molecular weight excluding hydrogens is 259 g/mol. The minimum atomic E-state index is -0.786. The van der Waals surface area contributed by atoms with Gasteiger partial charge in [0.25, 0.3) is 0 Å². The van der Waals surface area contributed by atoms with Gasteiger partial charge in [-0.25, -0.2) is 0 Å². The van der Waals surface area contributed by atoms with E-state index in [1.165, 1.54) is 31.7 Å². The summed E-state index contributed by atoms with van der Waals surface area (Å²) in [4.78, 5) is 10.2. The summed E-state index contributed by atoms with van der Waals surface area (Å²) < 4.78 is 13.5. The van der Waals surface area contributed by atoms with Gasteiger partial charge >= 0.3 is 5.69 Å². The van der Waals surface area contributed by atoms with E-state index >= 15 is 0 Å². The van der Waals surface area contributed by atoms with Crippen molar-refractivity contribution < 1.29 is 9.31 Å². The third-order valence-corrected chi connectivity index (χ3v) is 4.08. The number of nitro benzene ring substituents is 1. The summed E-state index contributed by atoms with van der Waals surface area (Å²) in [5.41, 5.74) is -0.177. The lowest BCUT2D eigenvalue weighted by atomic mass is 9.81. The number of benzene rings is 1. The van der Waals surface area contributed by atoms with Gasteiger partial charge in [-0.15, -0.1) is 0 Å². The highest BCUT2D eigenvalue weighted by atomic mass is 19.1. The van der Waals surface area contributed by atoms with Crippen LogP contribution in [0.3, 0.4) is 0 Å². The Morgan fingerprint density at radius 3 is 2.95 bits per heavy atom. The Bertz CT molecular complexity index is 479. The maximum absolute atomic E-state index is 13.5. The molecule has 0 saturated heterocycles. The molecule has 0 spiro atoms. The molecule has 1 N–H and O–H groups in total. The van der Waals surface area contributed by atoms with E-state index in [2.05, 4.69) is 12.2 Å². The van der Waals surface area contributed by atoms with E-state index in [0.717, 1.165) is 18.4 Å². The summed E-state index contributed by atoms with van der Waals surface area (Å²) in [6.07, 6.45) is 6.02. The van der Waals surface area contributed by atoms with Crippen LogP contribution < -0.4 is 5.32 Å². The number of hydrogen-bond donors (Lipinski definition) is 1. The molecular formula is C15H21FN2O2. The van der Waals surface area contributed by atoms with Gasteiger partial charge in [0.1, 0.15) is 5.69 Å². The van der Waals surface area contributed by atoms with Crippen LogP contribution in [0.2, 0.25) is 0 Å². The number of anilines is 1. The SMILES string of the molecule is CC1CCCC(CCNc2cccc(F)c2[N+](=O)[O-])C1. The lowest BCUT2D eigenvalue weighted by molar-refractivity contribution is -0.386. The third-order valence-electron chi connectivity index (χ3n) is 4.08. The Balaban J connectivity index is 1.91. The number of halogens is 1. The molecule has 4 nitrogen and oxygen atoms in total. The number of nitrogens with one attached hydrogen (secondary N) is 1. The van der Waals surface area contributed by atoms with E-state index in [4.69, 9.17) is 0 Å². The molecule has 2 atom stereocenters. The molecule has 2 rings (SSSR count). The van der Waals surface area contributed by atoms with Gasteiger partial charge in [-0.05, 0) is 36.8 Å². The van der Waals surface area contributed by atoms with Crippen molar-refractivity contribution in [3.63, 3.8) is 0 Å². The predicted molar refractivity (Wildman–Crippen MR) is 77.3 cm³/mol. The quantitative estimate of drug-likeness (QED) is 0.644. The van der Waals surface area contributed by atoms with E-state index in [9.17, 15) is 14.5 Å². The molecule has 2 unspecified atom stereocenters. The maximum atomic E-state index is 13.5. The van der Waals surface area contributed by atoms with Crippen LogP contribution in [-0.2, 0) is 0 Å². The zero-order valence-electron chi connectivity index (χ0n) is 11.8. The van der Waals surface area contributed by atoms with Crippen molar-refractivity contribution in [2.45, 2.75) is 39.0 Å². The highest BCUT2D eigenvalue weighted by Crippen LogP contribution is 2.31. The van der Waals surface area contributed by atoms with Crippen molar-refractivity contribution in [3.8, 4) is 0 Å². The van der Waals surface area contributed by atoms with Crippen molar-refractivity contribution in [3.05, 3.63) is 34.1 Å². The number of para-hydroxylation sites is 1. The van der Waals surface area contributed by atoms with Crippen molar-refractivity contribution in [1.29, 1.82) is 0 Å². The first kappa shape index (κ1) is 14.8. The zero-order valence-corrected chi connectivity index (χ0v) is 11.8. The first-order valence-corrected chi connectivity index (χ1v) is 7.24. The Hall–Kier alpha value is -1.65. The van der Waals surface area contributed by atoms with Crippen LogP contribution in [0.15, 0.2) is 18.2 Å². The predicted octanol–water partition coefficient (Wildman–Crippen LogP) is 4.36. The molecule has 0 aromatic heterocycles. The molecule has 1 aromatic rings. The molecule has 0 bridgehead atoms. The Morgan fingerprint density at radius 2 is 2.25 bits per heavy atom. The van der Waals surface area contributed by atoms with Gasteiger partial charge in [0.15, 0.2) is 0 Å². The molecule has 110 valence electrons. The fraction of sp³-hybridized carbons (Fsp3) is 0.600. The molecule has 1 fully saturated rings. The van der Waals surface area contributed by atoms with Crippen molar-refractivity contribution in [2.24, 2.45) is 11.8 Å². The summed E-state index contributed by atoms with van der Waals surface area (Å²) in [6.45, 7) is 2.93. The first-order chi connectivity index (χ1) is 9.58. The number of rotatable bonds is 5. The summed E-state index contributed by atoms with van der Waals surface area (Å²) in [5, 5.41) is 13.9. The van der Waals surface area contributed by atoms with Gasteiger partial charge in [-0.2, -0.15) is 4.39 Å². The first-order valence-electron chi connectivity index (χ1n) is 7.24. The lowest BCUT2D eigenvalue weighted by Gasteiger charge is -2.26. The second-order valence-corrected chi connectivity index (χ2v) is 5.75. The number of nitrogens with zero attached hydrogens (tertiary/aromatic N) is 1. The maximum Gasteiger partial charge on any atom is 0.327 e. The molecule has 1 aliphatic carbocycles. The highest BCUT2D eigenvalue weighted by molar-refractivity contribution is 5.61. The molecule has 5 heteroatoms. The molecule has 0 heterocycles. The van der Waals surface area contributed by atoms with Crippen LogP contribution >= 0.6 is 0 Å². The standard InChI is InChI=1S/C15H21FN2O2/c1-11-4-2-5-12(10-11)8-9-17-14-7-3-6-13(16)15(14)18(19)20/h3,6-7,11-12,17H,2,4-5,8-10H2,1H3. The van der Waals surface area contributed by atoms with Gasteiger partial charge in [0.2, 0.25) is 5.82 Å². The van der Waals surface area contributed by atoms with Crippen LogP contribution in [0, 0.1) is 27.8 Å². The largest absolute Gasteiger partial charge is 0.379 e. The fourth-order valence-electron chi connectivity index (χ4n) is 3.08. The normalized spacial score (nSPS) is 22.5. The van der Waals surface area contributed by atoms with Gasteiger partial charge in [-0.1, -0.05) is 32.3 Å². The monoisotopic (exact) mass is 280 g/mol. The minimum absolute atomic E-state index is 0.277. The summed E-state index contributed by atoms with van der Waals surface area (Å²) in [6, 6.07) is 4.17. The van der Waals surface area contributed by atoms with Gasteiger partial charge < -0.3 is 5.32 Å². The summed E-state index contributed by atoms with van der Waals surface area (Å²) in [7, 11) is 0. The van der Waals surface area contributed by atoms with Crippen molar-refractivity contribution in [2.75, 3.05) is 11.9 Å². The summed E-state index contributed by atoms with van der Waals surface area (Å²) >= 11 is 0. The summed E-state index contributed by atoms with van der Waals surface area (Å²) in [5.74, 6) is 0.669. The van der Waals surface area contributed by atoms with Gasteiger partial charge in [0.05, 0.1) is 4.92 Å². The van der Waals surface area contributed by atoms with Crippen molar-refractivity contribution in [1.82, 2.24) is 0 Å². The molecule has 0 aliphatic heterocycles. The highest BCUT2D eigenvalue weighted by Gasteiger charge is 2.21. The van der Waals surface area contributed by atoms with E-state index in [1.807, 2.05) is 0 Å². The van der Waals surface area contributed by atoms with Crippen molar-refractivity contribution >= 4 is 11.4 Å². The molecule has 20 heavy (non-hydrogen) atoms. The smallest absolute Gasteiger partial charge is 0.327 e. The Morgan fingerprint density at radius 1 is 1.45 bits per heavy atom. The van der Waals surface area contributed by atoms with Gasteiger partial charge in [0, 0.05) is 6.54 Å². The lowest BCUT2D eigenvalue weighted by Crippen LogP contribution is -2.17. The van der Waals surface area contributed by atoms with Crippen LogP contribution in [0.5, 0.6) is 0 Å². The number of nitro groups is 1. The van der Waals surface area contributed by atoms with E-state index in [0.29, 0.717) is 12.5 Å². The third kappa shape index (κ3) is 3.68.